The van der Waals surface area contributed by atoms with E-state index in [4.69, 9.17) is 4.74 Å². The molecule has 128 valence electrons. The van der Waals surface area contributed by atoms with Crippen LogP contribution in [0.2, 0.25) is 0 Å². The minimum Gasteiger partial charge on any atom is -0.497 e. The van der Waals surface area contributed by atoms with Gasteiger partial charge in [-0.05, 0) is 63.5 Å². The van der Waals surface area contributed by atoms with Gasteiger partial charge in [-0.15, -0.1) is 0 Å². The SMILES string of the molecule is COc1cccc(C2(C3(O)CCCCCC3)CCN(C)CC2)c1. The van der Waals surface area contributed by atoms with E-state index in [1.807, 2.05) is 6.07 Å². The summed E-state index contributed by atoms with van der Waals surface area (Å²) in [5.74, 6) is 0.901. The first-order valence-corrected chi connectivity index (χ1v) is 9.15. The number of methoxy groups -OCH3 is 1. The minimum absolute atomic E-state index is 0.127. The van der Waals surface area contributed by atoms with Gasteiger partial charge in [0.1, 0.15) is 5.75 Å². The summed E-state index contributed by atoms with van der Waals surface area (Å²) >= 11 is 0. The number of aliphatic hydroxyl groups is 1. The Morgan fingerprint density at radius 3 is 2.26 bits per heavy atom. The third-order valence-electron chi connectivity index (χ3n) is 6.28. The quantitative estimate of drug-likeness (QED) is 0.862. The topological polar surface area (TPSA) is 32.7 Å². The maximum absolute atomic E-state index is 11.8. The maximum atomic E-state index is 11.8. The number of hydrogen-bond acceptors (Lipinski definition) is 3. The normalized spacial score (nSPS) is 24.8. The Balaban J connectivity index is 2.02. The molecule has 0 unspecified atom stereocenters. The number of hydrogen-bond donors (Lipinski definition) is 1. The lowest BCUT2D eigenvalue weighted by Gasteiger charge is -2.52. The van der Waals surface area contributed by atoms with Crippen molar-refractivity contribution in [2.45, 2.75) is 62.4 Å². The molecule has 1 saturated heterocycles. The van der Waals surface area contributed by atoms with Crippen LogP contribution in [0.4, 0.5) is 0 Å². The molecule has 0 amide bonds. The van der Waals surface area contributed by atoms with Gasteiger partial charge in [0.05, 0.1) is 12.7 Å². The van der Waals surface area contributed by atoms with Crippen molar-refractivity contribution in [3.63, 3.8) is 0 Å². The third-order valence-corrected chi connectivity index (χ3v) is 6.28. The van der Waals surface area contributed by atoms with Crippen molar-refractivity contribution in [2.24, 2.45) is 0 Å². The van der Waals surface area contributed by atoms with E-state index in [1.54, 1.807) is 7.11 Å². The van der Waals surface area contributed by atoms with E-state index in [0.717, 1.165) is 57.4 Å². The smallest absolute Gasteiger partial charge is 0.119 e. The molecular weight excluding hydrogens is 286 g/mol. The second kappa shape index (κ2) is 6.82. The molecule has 0 spiro atoms. The molecule has 1 aliphatic heterocycles. The Labute approximate surface area is 140 Å². The average molecular weight is 317 g/mol. The van der Waals surface area contributed by atoms with Gasteiger partial charge in [-0.25, -0.2) is 0 Å². The molecule has 2 aliphatic rings. The highest BCUT2D eigenvalue weighted by molar-refractivity contribution is 5.37. The summed E-state index contributed by atoms with van der Waals surface area (Å²) in [6.07, 6.45) is 8.77. The molecule has 3 heteroatoms. The number of rotatable bonds is 3. The molecule has 1 N–H and O–H groups in total. The summed E-state index contributed by atoms with van der Waals surface area (Å²) in [6, 6.07) is 8.45. The van der Waals surface area contributed by atoms with Crippen LogP contribution in [0.1, 0.15) is 56.9 Å². The van der Waals surface area contributed by atoms with Gasteiger partial charge in [-0.1, -0.05) is 37.8 Å². The Morgan fingerprint density at radius 2 is 1.65 bits per heavy atom. The van der Waals surface area contributed by atoms with Crippen LogP contribution >= 0.6 is 0 Å². The highest BCUT2D eigenvalue weighted by Gasteiger charge is 2.51. The third kappa shape index (κ3) is 3.14. The molecule has 0 bridgehead atoms. The van der Waals surface area contributed by atoms with Gasteiger partial charge in [0.25, 0.3) is 0 Å². The van der Waals surface area contributed by atoms with E-state index in [2.05, 4.69) is 30.1 Å². The Bertz CT molecular complexity index is 512. The van der Waals surface area contributed by atoms with E-state index >= 15 is 0 Å². The first-order chi connectivity index (χ1) is 11.1. The Kier molecular flexibility index (Phi) is 4.98. The van der Waals surface area contributed by atoms with Crippen molar-refractivity contribution in [3.05, 3.63) is 29.8 Å². The number of nitrogens with zero attached hydrogens (tertiary/aromatic N) is 1. The monoisotopic (exact) mass is 317 g/mol. The fourth-order valence-corrected chi connectivity index (χ4v) is 4.74. The first-order valence-electron chi connectivity index (χ1n) is 9.15. The van der Waals surface area contributed by atoms with Crippen molar-refractivity contribution >= 4 is 0 Å². The molecule has 1 aromatic rings. The molecule has 1 saturated carbocycles. The lowest BCUT2D eigenvalue weighted by atomic mass is 9.59. The van der Waals surface area contributed by atoms with Crippen molar-refractivity contribution < 1.29 is 9.84 Å². The zero-order valence-corrected chi connectivity index (χ0v) is 14.7. The van der Waals surface area contributed by atoms with Gasteiger partial charge in [-0.2, -0.15) is 0 Å². The van der Waals surface area contributed by atoms with E-state index in [1.165, 1.54) is 18.4 Å². The number of piperidine rings is 1. The molecule has 2 fully saturated rings. The van der Waals surface area contributed by atoms with Crippen LogP contribution in [0.5, 0.6) is 5.75 Å². The predicted octanol–water partition coefficient (Wildman–Crippen LogP) is 3.74. The van der Waals surface area contributed by atoms with Crippen LogP contribution in [0.3, 0.4) is 0 Å². The molecular formula is C20H31NO2. The highest BCUT2D eigenvalue weighted by Crippen LogP contribution is 2.50. The minimum atomic E-state index is -0.572. The zero-order valence-electron chi connectivity index (χ0n) is 14.7. The van der Waals surface area contributed by atoms with Crippen LogP contribution in [-0.4, -0.2) is 42.9 Å². The van der Waals surface area contributed by atoms with Crippen molar-refractivity contribution in [1.29, 1.82) is 0 Å². The summed E-state index contributed by atoms with van der Waals surface area (Å²) in [5.41, 5.74) is 0.574. The molecule has 0 radical (unpaired) electrons. The van der Waals surface area contributed by atoms with E-state index in [9.17, 15) is 5.11 Å². The number of likely N-dealkylation sites (tertiary alicyclic amines) is 1. The second-order valence-electron chi connectivity index (χ2n) is 7.56. The van der Waals surface area contributed by atoms with E-state index in [-0.39, 0.29) is 5.41 Å². The van der Waals surface area contributed by atoms with Gasteiger partial charge in [0.2, 0.25) is 0 Å². The first kappa shape index (κ1) is 16.8. The Hall–Kier alpha value is -1.06. The highest BCUT2D eigenvalue weighted by atomic mass is 16.5. The fraction of sp³-hybridized carbons (Fsp3) is 0.700. The summed E-state index contributed by atoms with van der Waals surface area (Å²) in [5, 5.41) is 11.8. The van der Waals surface area contributed by atoms with Crippen molar-refractivity contribution in [1.82, 2.24) is 4.90 Å². The maximum Gasteiger partial charge on any atom is 0.119 e. The van der Waals surface area contributed by atoms with Gasteiger partial charge in [0, 0.05) is 5.41 Å². The van der Waals surface area contributed by atoms with Crippen LogP contribution in [-0.2, 0) is 5.41 Å². The fourth-order valence-electron chi connectivity index (χ4n) is 4.74. The van der Waals surface area contributed by atoms with Crippen LogP contribution in [0.25, 0.3) is 0 Å². The summed E-state index contributed by atoms with van der Waals surface area (Å²) in [4.78, 5) is 2.39. The van der Waals surface area contributed by atoms with Gasteiger partial charge in [-0.3, -0.25) is 0 Å². The number of ether oxygens (including phenoxy) is 1. The molecule has 0 aromatic heterocycles. The largest absolute Gasteiger partial charge is 0.497 e. The second-order valence-corrected chi connectivity index (χ2v) is 7.56. The molecule has 23 heavy (non-hydrogen) atoms. The molecule has 1 aromatic carbocycles. The Morgan fingerprint density at radius 1 is 1.00 bits per heavy atom. The van der Waals surface area contributed by atoms with Crippen molar-refractivity contribution in [3.8, 4) is 5.75 Å². The predicted molar refractivity (Wildman–Crippen MR) is 94.1 cm³/mol. The summed E-state index contributed by atoms with van der Waals surface area (Å²) in [7, 11) is 3.91. The van der Waals surface area contributed by atoms with Crippen LogP contribution in [0, 0.1) is 0 Å². The van der Waals surface area contributed by atoms with Crippen LogP contribution in [0.15, 0.2) is 24.3 Å². The van der Waals surface area contributed by atoms with Gasteiger partial charge < -0.3 is 14.7 Å². The standard InChI is InChI=1S/C20H31NO2/c1-21-14-12-19(13-15-21,17-8-7-9-18(16-17)23-2)20(22)10-5-3-4-6-11-20/h7-9,16,22H,3-6,10-15H2,1-2H3. The lowest BCUT2D eigenvalue weighted by molar-refractivity contribution is -0.0760. The number of benzene rings is 1. The van der Waals surface area contributed by atoms with E-state index < -0.39 is 5.60 Å². The molecule has 1 heterocycles. The lowest BCUT2D eigenvalue weighted by Crippen LogP contribution is -2.56. The zero-order chi connectivity index (χ0) is 16.3. The summed E-state index contributed by atoms with van der Waals surface area (Å²) in [6.45, 7) is 2.11. The van der Waals surface area contributed by atoms with Crippen molar-refractivity contribution in [2.75, 3.05) is 27.2 Å². The molecule has 1 aliphatic carbocycles. The molecule has 3 nitrogen and oxygen atoms in total. The van der Waals surface area contributed by atoms with Gasteiger partial charge in [0.15, 0.2) is 0 Å². The molecule has 3 rings (SSSR count). The van der Waals surface area contributed by atoms with Gasteiger partial charge >= 0.3 is 0 Å². The molecule has 0 atom stereocenters. The average Bonchev–Trinajstić information content (AvgIpc) is 2.81. The van der Waals surface area contributed by atoms with Crippen LogP contribution < -0.4 is 4.74 Å². The summed E-state index contributed by atoms with van der Waals surface area (Å²) < 4.78 is 5.46. The van der Waals surface area contributed by atoms with E-state index in [0.29, 0.717) is 0 Å².